The number of hydrogen-bond acceptors (Lipinski definition) is 6. The summed E-state index contributed by atoms with van der Waals surface area (Å²) in [5.74, 6) is 0.674. The van der Waals surface area contributed by atoms with Crippen LogP contribution in [0.1, 0.15) is 16.1 Å². The molecule has 30 heavy (non-hydrogen) atoms. The van der Waals surface area contributed by atoms with Crippen molar-refractivity contribution in [1.82, 2.24) is 15.0 Å². The number of halogens is 1. The summed E-state index contributed by atoms with van der Waals surface area (Å²) in [5, 5.41) is 13.0. The molecule has 4 rings (SSSR count). The van der Waals surface area contributed by atoms with Gasteiger partial charge in [-0.2, -0.15) is 0 Å². The van der Waals surface area contributed by atoms with E-state index in [1.165, 1.54) is 19.4 Å². The van der Waals surface area contributed by atoms with Crippen LogP contribution in [0.4, 0.5) is 11.6 Å². The van der Waals surface area contributed by atoms with E-state index in [0.717, 1.165) is 16.8 Å². The number of fused-ring (bicyclic) bond motifs is 1. The lowest BCUT2D eigenvalue weighted by atomic mass is 10.1. The fourth-order valence-electron chi connectivity index (χ4n) is 2.98. The van der Waals surface area contributed by atoms with Crippen molar-refractivity contribution in [2.45, 2.75) is 6.92 Å². The third-order valence-corrected chi connectivity index (χ3v) is 4.69. The van der Waals surface area contributed by atoms with Crippen molar-refractivity contribution in [2.24, 2.45) is 0 Å². The Kier molecular flexibility index (Phi) is 5.16. The van der Waals surface area contributed by atoms with Crippen LogP contribution in [-0.4, -0.2) is 33.1 Å². The lowest BCUT2D eigenvalue weighted by molar-refractivity contribution is 0.0690. The highest BCUT2D eigenvalue weighted by molar-refractivity contribution is 6.30. The summed E-state index contributed by atoms with van der Waals surface area (Å²) in [7, 11) is 1.53. The molecule has 0 saturated carbocycles. The zero-order valence-electron chi connectivity index (χ0n) is 16.1. The molecule has 0 aliphatic rings. The highest BCUT2D eigenvalue weighted by Crippen LogP contribution is 2.39. The summed E-state index contributed by atoms with van der Waals surface area (Å²) >= 11 is 5.93. The molecule has 3 N–H and O–H groups in total. The minimum Gasteiger partial charge on any atom is -0.493 e. The Morgan fingerprint density at radius 2 is 1.97 bits per heavy atom. The molecule has 2 aromatic carbocycles. The second-order valence-electron chi connectivity index (χ2n) is 6.43. The van der Waals surface area contributed by atoms with Gasteiger partial charge in [0.25, 0.3) is 0 Å². The molecule has 2 heterocycles. The van der Waals surface area contributed by atoms with E-state index in [1.807, 2.05) is 19.1 Å². The molecule has 9 heteroatoms. The predicted octanol–water partition coefficient (Wildman–Crippen LogP) is 5.16. The predicted molar refractivity (Wildman–Crippen MR) is 113 cm³/mol. The highest BCUT2D eigenvalue weighted by Gasteiger charge is 2.17. The third-order valence-electron chi connectivity index (χ3n) is 4.44. The number of carbonyl (C=O) groups is 1. The van der Waals surface area contributed by atoms with Crippen molar-refractivity contribution in [3.05, 3.63) is 64.9 Å². The van der Waals surface area contributed by atoms with E-state index in [4.69, 9.17) is 26.2 Å². The summed E-state index contributed by atoms with van der Waals surface area (Å²) in [6.07, 6.45) is 1.38. The average molecular weight is 425 g/mol. The molecule has 0 spiro atoms. The smallest absolute Gasteiger partial charge is 0.354 e. The van der Waals surface area contributed by atoms with Gasteiger partial charge in [0.2, 0.25) is 5.95 Å². The van der Waals surface area contributed by atoms with Crippen LogP contribution in [0.2, 0.25) is 5.02 Å². The maximum absolute atomic E-state index is 11.2. The van der Waals surface area contributed by atoms with Crippen molar-refractivity contribution < 1.29 is 19.4 Å². The van der Waals surface area contributed by atoms with Crippen molar-refractivity contribution in [2.75, 3.05) is 12.4 Å². The molecule has 0 aliphatic heterocycles. The molecule has 0 fully saturated rings. The van der Waals surface area contributed by atoms with E-state index in [-0.39, 0.29) is 5.69 Å². The Morgan fingerprint density at radius 1 is 1.20 bits per heavy atom. The molecular formula is C21H17ClN4O4. The molecule has 0 amide bonds. The zero-order valence-corrected chi connectivity index (χ0v) is 16.8. The fourth-order valence-corrected chi connectivity index (χ4v) is 3.11. The van der Waals surface area contributed by atoms with Gasteiger partial charge in [-0.3, -0.25) is 0 Å². The van der Waals surface area contributed by atoms with E-state index < -0.39 is 5.97 Å². The lowest BCUT2D eigenvalue weighted by Gasteiger charge is -2.13. The number of carboxylic acid groups (broad SMARTS) is 1. The Balaban J connectivity index is 1.71. The number of rotatable bonds is 6. The van der Waals surface area contributed by atoms with Gasteiger partial charge in [-0.15, -0.1) is 0 Å². The van der Waals surface area contributed by atoms with E-state index in [2.05, 4.69) is 20.3 Å². The molecule has 0 saturated heterocycles. The zero-order chi connectivity index (χ0) is 21.3. The standard InChI is InChI=1S/C21H17ClN4O4/c1-11-18-15(25-21(26-18)24-13-5-3-12(22)4-6-13)10-17(29-2)19(11)30-14-7-8-23-16(9-14)20(27)28/h3-10H,1-2H3,(H,27,28)(H2,24,25,26). The van der Waals surface area contributed by atoms with Gasteiger partial charge in [-0.05, 0) is 37.3 Å². The molecule has 0 radical (unpaired) electrons. The van der Waals surface area contributed by atoms with Gasteiger partial charge in [-0.1, -0.05) is 11.6 Å². The monoisotopic (exact) mass is 424 g/mol. The molecule has 0 unspecified atom stereocenters. The van der Waals surface area contributed by atoms with Crippen LogP contribution < -0.4 is 14.8 Å². The number of benzene rings is 2. The van der Waals surface area contributed by atoms with Gasteiger partial charge in [0.1, 0.15) is 5.75 Å². The Bertz CT molecular complexity index is 1240. The van der Waals surface area contributed by atoms with E-state index in [9.17, 15) is 4.79 Å². The van der Waals surface area contributed by atoms with Crippen LogP contribution >= 0.6 is 11.6 Å². The molecule has 152 valence electrons. The van der Waals surface area contributed by atoms with Gasteiger partial charge in [0.15, 0.2) is 17.2 Å². The first kappa shape index (κ1) is 19.5. The lowest BCUT2D eigenvalue weighted by Crippen LogP contribution is -2.00. The number of pyridine rings is 1. The Labute approximate surface area is 176 Å². The number of aromatic carboxylic acids is 1. The number of ether oxygens (including phenoxy) is 2. The van der Waals surface area contributed by atoms with E-state index >= 15 is 0 Å². The number of H-pyrrole nitrogens is 1. The normalized spacial score (nSPS) is 10.8. The minimum atomic E-state index is -1.13. The number of methoxy groups -OCH3 is 1. The minimum absolute atomic E-state index is 0.110. The number of aromatic nitrogens is 3. The highest BCUT2D eigenvalue weighted by atomic mass is 35.5. The second-order valence-corrected chi connectivity index (χ2v) is 6.86. The van der Waals surface area contributed by atoms with Crippen molar-refractivity contribution >= 4 is 40.2 Å². The number of anilines is 2. The summed E-state index contributed by atoms with van der Waals surface area (Å²) in [6, 6.07) is 11.9. The summed E-state index contributed by atoms with van der Waals surface area (Å²) < 4.78 is 11.4. The van der Waals surface area contributed by atoms with Crippen LogP contribution in [0, 0.1) is 6.92 Å². The van der Waals surface area contributed by atoms with Crippen LogP contribution in [-0.2, 0) is 0 Å². The van der Waals surface area contributed by atoms with E-state index in [0.29, 0.717) is 33.7 Å². The Morgan fingerprint density at radius 3 is 2.67 bits per heavy atom. The first-order valence-electron chi connectivity index (χ1n) is 8.91. The number of imidazole rings is 1. The van der Waals surface area contributed by atoms with E-state index in [1.54, 1.807) is 24.3 Å². The number of aryl methyl sites for hydroxylation is 1. The number of aromatic amines is 1. The van der Waals surface area contributed by atoms with Crippen LogP contribution in [0.3, 0.4) is 0 Å². The molecule has 8 nitrogen and oxygen atoms in total. The quantitative estimate of drug-likeness (QED) is 0.392. The van der Waals surface area contributed by atoms with Gasteiger partial charge < -0.3 is 24.9 Å². The van der Waals surface area contributed by atoms with Gasteiger partial charge in [-0.25, -0.2) is 14.8 Å². The van der Waals surface area contributed by atoms with Crippen molar-refractivity contribution in [3.8, 4) is 17.2 Å². The molecule has 0 atom stereocenters. The first-order valence-corrected chi connectivity index (χ1v) is 9.29. The van der Waals surface area contributed by atoms with Gasteiger partial charge in [0.05, 0.1) is 18.1 Å². The molecule has 2 aromatic heterocycles. The average Bonchev–Trinajstić information content (AvgIpc) is 3.14. The molecular weight excluding hydrogens is 408 g/mol. The molecule has 4 aromatic rings. The van der Waals surface area contributed by atoms with Crippen molar-refractivity contribution in [1.29, 1.82) is 0 Å². The Hall–Kier alpha value is -3.78. The number of carboxylic acids is 1. The topological polar surface area (TPSA) is 109 Å². The van der Waals surface area contributed by atoms with Crippen LogP contribution in [0.15, 0.2) is 48.7 Å². The van der Waals surface area contributed by atoms with Gasteiger partial charge in [0, 0.05) is 34.6 Å². The van der Waals surface area contributed by atoms with Crippen LogP contribution in [0.5, 0.6) is 17.2 Å². The largest absolute Gasteiger partial charge is 0.493 e. The number of hydrogen-bond donors (Lipinski definition) is 3. The number of nitrogens with zero attached hydrogens (tertiary/aromatic N) is 2. The SMILES string of the molecule is COc1cc2nc(Nc3ccc(Cl)cc3)[nH]c2c(C)c1Oc1ccnc(C(=O)O)c1. The second kappa shape index (κ2) is 7.92. The molecule has 0 aliphatic carbocycles. The van der Waals surface area contributed by atoms with Crippen LogP contribution in [0.25, 0.3) is 11.0 Å². The van der Waals surface area contributed by atoms with Crippen molar-refractivity contribution in [3.63, 3.8) is 0 Å². The number of nitrogens with one attached hydrogen (secondary N) is 2. The maximum atomic E-state index is 11.2. The first-order chi connectivity index (χ1) is 14.4. The summed E-state index contributed by atoms with van der Waals surface area (Å²) in [6.45, 7) is 1.86. The molecule has 0 bridgehead atoms. The summed E-state index contributed by atoms with van der Waals surface area (Å²) in [4.78, 5) is 22.8. The maximum Gasteiger partial charge on any atom is 0.354 e. The van der Waals surface area contributed by atoms with Gasteiger partial charge >= 0.3 is 5.97 Å². The summed E-state index contributed by atoms with van der Waals surface area (Å²) in [5.41, 5.74) is 2.93. The third kappa shape index (κ3) is 3.85. The fraction of sp³-hybridized carbons (Fsp3) is 0.0952.